The van der Waals surface area contributed by atoms with E-state index in [1.54, 1.807) is 0 Å². The van der Waals surface area contributed by atoms with Gasteiger partial charge >= 0.3 is 0 Å². The second-order valence-electron chi connectivity index (χ2n) is 19.7. The maximum Gasteiger partial charge on any atom is 0.0491 e. The standard InChI is InChI=1S/C58H57N/c1-11-59-52-31-25-42(33-48(52)49-34-45(58(8,9)10)28-32-53(49)59)39-19-17-37(18-20-39)38-21-23-41(24-22-38)55-47-30-27-43(56(2,3)4)35-50(47)54(40-15-13-12-14-16-40)46-29-26-44(36-51(46)55)57(5,6)7/h12-36H,11H2,1-10H3. The van der Waals surface area contributed by atoms with Gasteiger partial charge in [-0.1, -0.05) is 178 Å². The Bertz CT molecular complexity index is 3030. The molecule has 0 aliphatic carbocycles. The van der Waals surface area contributed by atoms with Crippen LogP contribution in [0.5, 0.6) is 0 Å². The van der Waals surface area contributed by atoms with Gasteiger partial charge in [0.25, 0.3) is 0 Å². The van der Waals surface area contributed by atoms with Crippen molar-refractivity contribution >= 4 is 43.4 Å². The predicted octanol–water partition coefficient (Wildman–Crippen LogP) is 16.7. The fraction of sp³-hybridized carbons (Fsp3) is 0.241. The monoisotopic (exact) mass is 767 g/mol. The number of aromatic nitrogens is 1. The molecule has 0 saturated heterocycles. The Balaban J connectivity index is 1.14. The number of hydrogen-bond donors (Lipinski definition) is 0. The first-order chi connectivity index (χ1) is 28.1. The fourth-order valence-corrected chi connectivity index (χ4v) is 9.16. The molecule has 0 spiro atoms. The third-order valence-corrected chi connectivity index (χ3v) is 12.7. The summed E-state index contributed by atoms with van der Waals surface area (Å²) in [5.74, 6) is 0. The summed E-state index contributed by atoms with van der Waals surface area (Å²) in [7, 11) is 0. The van der Waals surface area contributed by atoms with E-state index in [-0.39, 0.29) is 16.2 Å². The van der Waals surface area contributed by atoms with Crippen LogP contribution in [0.1, 0.15) is 85.9 Å². The van der Waals surface area contributed by atoms with Gasteiger partial charge in [0.15, 0.2) is 0 Å². The van der Waals surface area contributed by atoms with E-state index in [0.717, 1.165) is 6.54 Å². The van der Waals surface area contributed by atoms with Crippen molar-refractivity contribution in [3.63, 3.8) is 0 Å². The Morgan fingerprint density at radius 3 is 1.14 bits per heavy atom. The highest BCUT2D eigenvalue weighted by Gasteiger charge is 2.23. The average Bonchev–Trinajstić information content (AvgIpc) is 3.54. The highest BCUT2D eigenvalue weighted by molar-refractivity contribution is 6.21. The van der Waals surface area contributed by atoms with E-state index in [0.29, 0.717) is 0 Å². The molecule has 0 saturated carbocycles. The molecule has 1 heterocycles. The van der Waals surface area contributed by atoms with Crippen molar-refractivity contribution < 1.29 is 0 Å². The molecule has 0 N–H and O–H groups in total. The first-order valence-corrected chi connectivity index (χ1v) is 21.5. The van der Waals surface area contributed by atoms with Crippen molar-refractivity contribution in [3.8, 4) is 44.5 Å². The number of hydrogen-bond acceptors (Lipinski definition) is 0. The van der Waals surface area contributed by atoms with Gasteiger partial charge in [-0.2, -0.15) is 0 Å². The molecule has 0 amide bonds. The summed E-state index contributed by atoms with van der Waals surface area (Å²) in [6, 6.07) is 57.8. The Morgan fingerprint density at radius 2 is 0.678 bits per heavy atom. The minimum absolute atomic E-state index is 0.0232. The maximum atomic E-state index is 2.46. The van der Waals surface area contributed by atoms with E-state index in [2.05, 4.69) is 225 Å². The van der Waals surface area contributed by atoms with Gasteiger partial charge in [-0.15, -0.1) is 0 Å². The quantitative estimate of drug-likeness (QED) is 0.154. The van der Waals surface area contributed by atoms with Crippen LogP contribution in [0.4, 0.5) is 0 Å². The Kier molecular flexibility index (Phi) is 9.24. The van der Waals surface area contributed by atoms with Gasteiger partial charge in [-0.05, 0) is 142 Å². The topological polar surface area (TPSA) is 4.93 Å². The molecule has 9 aromatic rings. The smallest absolute Gasteiger partial charge is 0.0491 e. The van der Waals surface area contributed by atoms with Crippen molar-refractivity contribution in [1.82, 2.24) is 4.57 Å². The lowest BCUT2D eigenvalue weighted by Crippen LogP contribution is -2.11. The first-order valence-electron chi connectivity index (χ1n) is 21.5. The molecule has 1 nitrogen and oxygen atoms in total. The van der Waals surface area contributed by atoms with Crippen LogP contribution in [0.3, 0.4) is 0 Å². The van der Waals surface area contributed by atoms with E-state index in [1.165, 1.54) is 105 Å². The van der Waals surface area contributed by atoms with E-state index < -0.39 is 0 Å². The van der Waals surface area contributed by atoms with Crippen LogP contribution < -0.4 is 0 Å². The summed E-state index contributed by atoms with van der Waals surface area (Å²) in [5, 5.41) is 7.86. The summed E-state index contributed by atoms with van der Waals surface area (Å²) >= 11 is 0. The number of aryl methyl sites for hydroxylation is 1. The molecule has 1 aromatic heterocycles. The van der Waals surface area contributed by atoms with Crippen LogP contribution in [0.25, 0.3) is 87.9 Å². The lowest BCUT2D eigenvalue weighted by molar-refractivity contribution is 0.590. The lowest BCUT2D eigenvalue weighted by Gasteiger charge is -2.25. The van der Waals surface area contributed by atoms with Gasteiger partial charge in [0.05, 0.1) is 0 Å². The highest BCUT2D eigenvalue weighted by Crippen LogP contribution is 2.46. The Hall–Kier alpha value is -5.92. The van der Waals surface area contributed by atoms with Crippen LogP contribution >= 0.6 is 0 Å². The SMILES string of the molecule is CCn1c2ccc(-c3ccc(-c4ccc(-c5c6ccc(C(C)(C)C)cc6c(-c6ccccc6)c6ccc(C(C)(C)C)cc56)cc4)cc3)cc2c2cc(C(C)(C)C)ccc21. The third kappa shape index (κ3) is 6.85. The molecule has 0 bridgehead atoms. The normalized spacial score (nSPS) is 12.6. The van der Waals surface area contributed by atoms with Crippen LogP contribution in [-0.4, -0.2) is 4.57 Å². The van der Waals surface area contributed by atoms with E-state index in [9.17, 15) is 0 Å². The first kappa shape index (κ1) is 38.6. The molecular formula is C58H57N. The van der Waals surface area contributed by atoms with E-state index >= 15 is 0 Å². The van der Waals surface area contributed by atoms with Crippen molar-refractivity contribution in [2.75, 3.05) is 0 Å². The van der Waals surface area contributed by atoms with Crippen molar-refractivity contribution in [2.45, 2.75) is 92.0 Å². The molecule has 0 aliphatic rings. The number of fused-ring (bicyclic) bond motifs is 5. The molecule has 294 valence electrons. The maximum absolute atomic E-state index is 2.46. The molecular weight excluding hydrogens is 711 g/mol. The zero-order valence-electron chi connectivity index (χ0n) is 36.6. The Labute approximate surface area is 351 Å². The molecule has 0 fully saturated rings. The summed E-state index contributed by atoms with van der Waals surface area (Å²) in [5.41, 5.74) is 16.9. The highest BCUT2D eigenvalue weighted by atomic mass is 15.0. The van der Waals surface area contributed by atoms with Gasteiger partial charge in [0.1, 0.15) is 0 Å². The molecule has 1 heteroatoms. The van der Waals surface area contributed by atoms with Gasteiger partial charge < -0.3 is 4.57 Å². The van der Waals surface area contributed by atoms with E-state index in [1.807, 2.05) is 0 Å². The number of rotatable bonds is 5. The van der Waals surface area contributed by atoms with Gasteiger partial charge in [0.2, 0.25) is 0 Å². The Morgan fingerprint density at radius 1 is 0.322 bits per heavy atom. The number of nitrogens with zero attached hydrogens (tertiary/aromatic N) is 1. The molecule has 0 aliphatic heterocycles. The van der Waals surface area contributed by atoms with Crippen LogP contribution in [-0.2, 0) is 22.8 Å². The minimum atomic E-state index is 0.0232. The number of benzene rings is 8. The van der Waals surface area contributed by atoms with Gasteiger partial charge in [-0.3, -0.25) is 0 Å². The largest absolute Gasteiger partial charge is 0.341 e. The summed E-state index contributed by atoms with van der Waals surface area (Å²) in [6.45, 7) is 24.0. The minimum Gasteiger partial charge on any atom is -0.341 e. The summed E-state index contributed by atoms with van der Waals surface area (Å²) in [4.78, 5) is 0. The average molecular weight is 768 g/mol. The van der Waals surface area contributed by atoms with Gasteiger partial charge in [-0.25, -0.2) is 0 Å². The van der Waals surface area contributed by atoms with Crippen LogP contribution in [0.2, 0.25) is 0 Å². The van der Waals surface area contributed by atoms with Gasteiger partial charge in [0, 0.05) is 28.4 Å². The van der Waals surface area contributed by atoms with Crippen molar-refractivity contribution in [2.24, 2.45) is 0 Å². The van der Waals surface area contributed by atoms with Crippen molar-refractivity contribution in [1.29, 1.82) is 0 Å². The summed E-state index contributed by atoms with van der Waals surface area (Å²) in [6.07, 6.45) is 0. The second-order valence-corrected chi connectivity index (χ2v) is 19.7. The zero-order valence-corrected chi connectivity index (χ0v) is 36.6. The van der Waals surface area contributed by atoms with Crippen molar-refractivity contribution in [3.05, 3.63) is 168 Å². The lowest BCUT2D eigenvalue weighted by atomic mass is 9.79. The van der Waals surface area contributed by atoms with Crippen LogP contribution in [0.15, 0.2) is 152 Å². The predicted molar refractivity (Wildman–Crippen MR) is 258 cm³/mol. The molecule has 9 rings (SSSR count). The fourth-order valence-electron chi connectivity index (χ4n) is 9.16. The second kappa shape index (κ2) is 14.1. The molecule has 0 atom stereocenters. The zero-order chi connectivity index (χ0) is 41.4. The van der Waals surface area contributed by atoms with E-state index in [4.69, 9.17) is 0 Å². The summed E-state index contributed by atoms with van der Waals surface area (Å²) < 4.78 is 2.45. The van der Waals surface area contributed by atoms with Crippen LogP contribution in [0, 0.1) is 0 Å². The molecule has 0 radical (unpaired) electrons. The molecule has 8 aromatic carbocycles. The third-order valence-electron chi connectivity index (χ3n) is 12.7. The molecule has 59 heavy (non-hydrogen) atoms. The molecule has 0 unspecified atom stereocenters.